The average molecular weight is 416 g/mol. The third kappa shape index (κ3) is 3.19. The van der Waals surface area contributed by atoms with E-state index in [-0.39, 0.29) is 18.2 Å². The highest BCUT2D eigenvalue weighted by Gasteiger charge is 2.16. The van der Waals surface area contributed by atoms with Crippen LogP contribution in [-0.2, 0) is 0 Å². The average Bonchev–Trinajstić information content (AvgIpc) is 3.26. The number of rotatable bonds is 2. The van der Waals surface area contributed by atoms with Gasteiger partial charge in [0.15, 0.2) is 11.5 Å². The molecule has 0 saturated carbocycles. The minimum atomic E-state index is -0.305. The van der Waals surface area contributed by atoms with Gasteiger partial charge in [0.2, 0.25) is 0 Å². The second kappa shape index (κ2) is 7.24. The highest BCUT2D eigenvalue weighted by atomic mass is 35.5. The lowest BCUT2D eigenvalue weighted by Gasteiger charge is -2.10. The molecule has 144 valence electrons. The van der Waals surface area contributed by atoms with E-state index in [1.54, 1.807) is 11.3 Å². The minimum Gasteiger partial charge on any atom is -0.313 e. The van der Waals surface area contributed by atoms with E-state index in [1.165, 1.54) is 11.6 Å². The smallest absolute Gasteiger partial charge is 0.158 e. The van der Waals surface area contributed by atoms with Crippen molar-refractivity contribution in [3.63, 3.8) is 0 Å². The van der Waals surface area contributed by atoms with Gasteiger partial charge in [0, 0.05) is 24.5 Å². The van der Waals surface area contributed by atoms with Crippen LogP contribution < -0.4 is 5.32 Å². The summed E-state index contributed by atoms with van der Waals surface area (Å²) >= 11 is 1.54. The van der Waals surface area contributed by atoms with Gasteiger partial charge in [-0.25, -0.2) is 19.3 Å². The molecule has 8 heteroatoms. The van der Waals surface area contributed by atoms with Crippen LogP contribution in [0.2, 0.25) is 0 Å². The van der Waals surface area contributed by atoms with Crippen LogP contribution in [0.25, 0.3) is 32.7 Å². The van der Waals surface area contributed by atoms with Crippen molar-refractivity contribution in [2.75, 3.05) is 13.1 Å². The molecule has 28 heavy (non-hydrogen) atoms. The molecule has 5 nitrogen and oxygen atoms in total. The van der Waals surface area contributed by atoms with Crippen molar-refractivity contribution < 1.29 is 4.39 Å². The first-order valence-electron chi connectivity index (χ1n) is 8.92. The molecule has 0 amide bonds. The number of nitrogens with one attached hydrogen (secondary N) is 1. The van der Waals surface area contributed by atoms with E-state index in [0.29, 0.717) is 5.52 Å². The molecule has 1 aliphatic rings. The number of nitrogens with zero attached hydrogens (tertiary/aromatic N) is 4. The maximum absolute atomic E-state index is 14.8. The van der Waals surface area contributed by atoms with Crippen molar-refractivity contribution in [2.45, 2.75) is 20.3 Å². The second-order valence-electron chi connectivity index (χ2n) is 6.83. The summed E-state index contributed by atoms with van der Waals surface area (Å²) in [5, 5.41) is 4.20. The zero-order valence-corrected chi connectivity index (χ0v) is 17.1. The Kier molecular flexibility index (Phi) is 4.91. The van der Waals surface area contributed by atoms with Crippen LogP contribution in [0.3, 0.4) is 0 Å². The third-order valence-electron chi connectivity index (χ3n) is 4.81. The number of fused-ring (bicyclic) bond motifs is 2. The van der Waals surface area contributed by atoms with Crippen molar-refractivity contribution in [2.24, 2.45) is 0 Å². The van der Waals surface area contributed by atoms with Crippen LogP contribution >= 0.6 is 23.7 Å². The van der Waals surface area contributed by atoms with Crippen LogP contribution in [0.1, 0.15) is 22.8 Å². The molecule has 1 aromatic carbocycles. The maximum Gasteiger partial charge on any atom is 0.158 e. The van der Waals surface area contributed by atoms with Gasteiger partial charge < -0.3 is 9.72 Å². The molecule has 0 saturated heterocycles. The summed E-state index contributed by atoms with van der Waals surface area (Å²) in [4.78, 5) is 13.7. The van der Waals surface area contributed by atoms with Crippen molar-refractivity contribution in [1.29, 1.82) is 0 Å². The minimum absolute atomic E-state index is 0. The second-order valence-corrected chi connectivity index (χ2v) is 7.86. The van der Waals surface area contributed by atoms with Gasteiger partial charge in [-0.2, -0.15) is 0 Å². The number of halogens is 2. The number of imidazole rings is 1. The van der Waals surface area contributed by atoms with Crippen LogP contribution in [0, 0.1) is 19.7 Å². The number of hydrogen-bond donors (Lipinski definition) is 1. The zero-order chi connectivity index (χ0) is 18.5. The molecule has 0 fully saturated rings. The van der Waals surface area contributed by atoms with Crippen LogP contribution in [0.15, 0.2) is 30.6 Å². The molecule has 0 spiro atoms. The van der Waals surface area contributed by atoms with Crippen molar-refractivity contribution in [3.8, 4) is 11.3 Å². The van der Waals surface area contributed by atoms with Crippen molar-refractivity contribution in [3.05, 3.63) is 52.8 Å². The zero-order valence-electron chi connectivity index (χ0n) is 15.5. The lowest BCUT2D eigenvalue weighted by Crippen LogP contribution is -2.19. The Morgan fingerprint density at radius 2 is 2.00 bits per heavy atom. The summed E-state index contributed by atoms with van der Waals surface area (Å²) in [7, 11) is 0. The molecule has 3 aromatic heterocycles. The highest BCUT2D eigenvalue weighted by Crippen LogP contribution is 2.34. The fourth-order valence-corrected chi connectivity index (χ4v) is 4.59. The van der Waals surface area contributed by atoms with E-state index >= 15 is 0 Å². The topological polar surface area (TPSA) is 55.1 Å². The van der Waals surface area contributed by atoms with Crippen LogP contribution in [-0.4, -0.2) is 32.4 Å². The van der Waals surface area contributed by atoms with E-state index in [9.17, 15) is 4.39 Å². The molecule has 1 N–H and O–H groups in total. The summed E-state index contributed by atoms with van der Waals surface area (Å²) in [6, 6.07) is 3.51. The van der Waals surface area contributed by atoms with Gasteiger partial charge in [0.05, 0.1) is 21.8 Å². The van der Waals surface area contributed by atoms with Crippen molar-refractivity contribution in [1.82, 2.24) is 24.7 Å². The van der Waals surface area contributed by atoms with Gasteiger partial charge in [-0.15, -0.1) is 23.7 Å². The van der Waals surface area contributed by atoms with Gasteiger partial charge in [0.25, 0.3) is 0 Å². The van der Waals surface area contributed by atoms with E-state index in [0.717, 1.165) is 57.5 Å². The lowest BCUT2D eigenvalue weighted by molar-refractivity contribution is 0.637. The van der Waals surface area contributed by atoms with E-state index in [1.807, 2.05) is 36.7 Å². The maximum atomic E-state index is 14.8. The Bertz CT molecular complexity index is 1230. The molecule has 0 atom stereocenters. The molecular formula is C20H19ClFN5S. The SMILES string of the molecule is Cc1cn2cc(-c3cc(F)c4nc(C5=CCNCC5)sc4c3)nc(C)c2n1.Cl. The molecule has 1 aliphatic heterocycles. The number of aryl methyl sites for hydroxylation is 2. The number of hydrogen-bond acceptors (Lipinski definition) is 5. The molecule has 5 rings (SSSR count). The predicted octanol–water partition coefficient (Wildman–Crippen LogP) is 4.56. The van der Waals surface area contributed by atoms with E-state index in [2.05, 4.69) is 26.3 Å². The molecule has 4 aromatic rings. The fourth-order valence-electron chi connectivity index (χ4n) is 3.50. The predicted molar refractivity (Wildman–Crippen MR) is 114 cm³/mol. The van der Waals surface area contributed by atoms with Gasteiger partial charge >= 0.3 is 0 Å². The Hall–Kier alpha value is -2.35. The van der Waals surface area contributed by atoms with Crippen LogP contribution in [0.5, 0.6) is 0 Å². The standard InChI is InChI=1S/C20H18FN5S.ClH/c1-11-9-26-10-16(24-12(2)19(26)23-11)14-7-15(21)18-17(8-14)27-20(25-18)13-3-5-22-6-4-13;/h3,7-10,22H,4-6H2,1-2H3;1H. The van der Waals surface area contributed by atoms with Crippen LogP contribution in [0.4, 0.5) is 4.39 Å². The first-order chi connectivity index (χ1) is 13.1. The Balaban J connectivity index is 0.00000192. The number of aromatic nitrogens is 4. The van der Waals surface area contributed by atoms with Crippen molar-refractivity contribution >= 4 is 45.2 Å². The van der Waals surface area contributed by atoms with Gasteiger partial charge in [-0.1, -0.05) is 6.08 Å². The van der Waals surface area contributed by atoms with Gasteiger partial charge in [-0.05, 0) is 44.5 Å². The lowest BCUT2D eigenvalue weighted by atomic mass is 10.1. The Morgan fingerprint density at radius 3 is 2.79 bits per heavy atom. The molecule has 0 unspecified atom stereocenters. The summed E-state index contributed by atoms with van der Waals surface area (Å²) in [6.07, 6.45) is 6.92. The number of benzene rings is 1. The first kappa shape index (κ1) is 19.0. The quantitative estimate of drug-likeness (QED) is 0.521. The molecule has 0 radical (unpaired) electrons. The van der Waals surface area contributed by atoms with Gasteiger partial charge in [-0.3, -0.25) is 0 Å². The number of thiazole rings is 1. The van der Waals surface area contributed by atoms with E-state index in [4.69, 9.17) is 0 Å². The normalized spacial score (nSPS) is 14.3. The fraction of sp³-hybridized carbons (Fsp3) is 0.250. The van der Waals surface area contributed by atoms with E-state index < -0.39 is 0 Å². The van der Waals surface area contributed by atoms with Gasteiger partial charge in [0.1, 0.15) is 10.5 Å². The molecular weight excluding hydrogens is 397 g/mol. The molecule has 0 bridgehead atoms. The molecule has 4 heterocycles. The summed E-state index contributed by atoms with van der Waals surface area (Å²) in [5.74, 6) is -0.305. The Morgan fingerprint density at radius 1 is 1.14 bits per heavy atom. The molecule has 0 aliphatic carbocycles. The first-order valence-corrected chi connectivity index (χ1v) is 9.74. The summed E-state index contributed by atoms with van der Waals surface area (Å²) in [5.41, 5.74) is 5.71. The third-order valence-corrected chi connectivity index (χ3v) is 5.89. The summed E-state index contributed by atoms with van der Waals surface area (Å²) < 4.78 is 17.6. The largest absolute Gasteiger partial charge is 0.313 e. The summed E-state index contributed by atoms with van der Waals surface area (Å²) in [6.45, 7) is 5.65. The monoisotopic (exact) mass is 415 g/mol. The Labute approximate surface area is 171 Å². The highest BCUT2D eigenvalue weighted by molar-refractivity contribution is 7.19.